The number of carbonyl (C=O) groups is 1. The Kier molecular flexibility index (Phi) is 12.3. The minimum atomic E-state index is -2.18. The molecule has 288 valence electrons. The average molecular weight is 753 g/mol. The maximum atomic E-state index is 12.8. The summed E-state index contributed by atoms with van der Waals surface area (Å²) < 4.78 is 18.8. The van der Waals surface area contributed by atoms with Gasteiger partial charge in [0.2, 0.25) is 14.2 Å². The van der Waals surface area contributed by atoms with Crippen LogP contribution >= 0.6 is 0 Å². The Morgan fingerprint density at radius 3 is 2.50 bits per heavy atom. The van der Waals surface area contributed by atoms with Crippen molar-refractivity contribution in [3.8, 4) is 11.8 Å². The van der Waals surface area contributed by atoms with Crippen molar-refractivity contribution in [2.45, 2.75) is 64.5 Å². The molecule has 4 aromatic rings. The van der Waals surface area contributed by atoms with E-state index in [1.54, 1.807) is 0 Å². The van der Waals surface area contributed by atoms with Gasteiger partial charge in [-0.3, -0.25) is 9.37 Å². The molecule has 3 aromatic carbocycles. The molecule has 1 atom stereocenters. The fraction of sp³-hybridized carbons (Fsp3) is 0.452. The van der Waals surface area contributed by atoms with Crippen LogP contribution in [0.1, 0.15) is 37.6 Å². The van der Waals surface area contributed by atoms with E-state index in [1.165, 1.54) is 6.08 Å². The molecule has 1 fully saturated rings. The number of rotatable bonds is 14. The van der Waals surface area contributed by atoms with E-state index < -0.39 is 8.32 Å². The zero-order valence-electron chi connectivity index (χ0n) is 33.0. The van der Waals surface area contributed by atoms with Crippen LogP contribution in [0.3, 0.4) is 0 Å². The number of amides is 1. The predicted octanol–water partition coefficient (Wildman–Crippen LogP) is 6.87. The van der Waals surface area contributed by atoms with E-state index in [1.807, 2.05) is 37.2 Å². The summed E-state index contributed by atoms with van der Waals surface area (Å²) in [6.45, 7) is 19.5. The molecule has 0 aliphatic carbocycles. The molecule has 0 bridgehead atoms. The van der Waals surface area contributed by atoms with E-state index in [0.29, 0.717) is 45.4 Å². The lowest BCUT2D eigenvalue weighted by molar-refractivity contribution is -0.225. The lowest BCUT2D eigenvalue weighted by Crippen LogP contribution is -2.57. The van der Waals surface area contributed by atoms with Crippen LogP contribution in [0.5, 0.6) is 11.8 Å². The first kappa shape index (κ1) is 39.2. The Hall–Kier alpha value is -4.49. The second-order valence-corrected chi connectivity index (χ2v) is 20.7. The third kappa shape index (κ3) is 9.23. The highest BCUT2D eigenvalue weighted by Gasteiger charge is 2.40. The van der Waals surface area contributed by atoms with Crippen molar-refractivity contribution < 1.29 is 23.7 Å². The van der Waals surface area contributed by atoms with Crippen molar-refractivity contribution in [1.82, 2.24) is 19.8 Å². The van der Waals surface area contributed by atoms with Crippen molar-refractivity contribution in [2.24, 2.45) is 0 Å². The molecule has 0 N–H and O–H groups in total. The average Bonchev–Trinajstić information content (AvgIpc) is 3.15. The number of hydrogen-bond acceptors (Lipinski definition) is 10. The fourth-order valence-corrected chi connectivity index (χ4v) is 7.17. The lowest BCUT2D eigenvalue weighted by Gasteiger charge is -2.43. The van der Waals surface area contributed by atoms with Gasteiger partial charge in [-0.15, -0.1) is 0 Å². The Balaban J connectivity index is 1.33. The second-order valence-electron chi connectivity index (χ2n) is 16.0. The zero-order chi connectivity index (χ0) is 38.5. The summed E-state index contributed by atoms with van der Waals surface area (Å²) in [7, 11) is 1.85. The Labute approximate surface area is 321 Å². The van der Waals surface area contributed by atoms with Gasteiger partial charge in [0.15, 0.2) is 0 Å². The van der Waals surface area contributed by atoms with Crippen LogP contribution in [0.15, 0.2) is 79.4 Å². The van der Waals surface area contributed by atoms with Crippen molar-refractivity contribution in [2.75, 3.05) is 69.8 Å². The van der Waals surface area contributed by atoms with Gasteiger partial charge >= 0.3 is 6.01 Å². The first-order valence-corrected chi connectivity index (χ1v) is 21.8. The largest absolute Gasteiger partial charge is 0.489 e. The Morgan fingerprint density at radius 2 is 1.76 bits per heavy atom. The number of carbonyl (C=O) groups excluding carboxylic acids is 1. The molecule has 1 aromatic heterocycles. The Morgan fingerprint density at radius 1 is 1.00 bits per heavy atom. The molecule has 1 unspecified atom stereocenters. The number of piperazine rings is 1. The molecule has 3 heterocycles. The highest BCUT2D eigenvalue weighted by Crippen LogP contribution is 2.39. The first-order chi connectivity index (χ1) is 25.8. The lowest BCUT2D eigenvalue weighted by atomic mass is 10.0. The number of likely N-dealkylation sites (N-methyl/N-ethyl adjacent to an activating group) is 1. The number of hydrogen-bond donors (Lipinski definition) is 0. The predicted molar refractivity (Wildman–Crippen MR) is 218 cm³/mol. The number of aromatic nitrogens is 2. The fourth-order valence-electron chi connectivity index (χ4n) is 6.56. The molecule has 54 heavy (non-hydrogen) atoms. The van der Waals surface area contributed by atoms with E-state index in [4.69, 9.17) is 28.9 Å². The SMILES string of the molecule is C=CC(=O)N1CCN(c2nc(OCCN(C)C)nc3c2CCN(c2cc(OCc4ccccc4)cc4ccccc24)C3)C(COO[Si](C)(C)C(C)(C)C)C1. The van der Waals surface area contributed by atoms with Gasteiger partial charge in [0.25, 0.3) is 0 Å². The molecule has 6 rings (SSSR count). The van der Waals surface area contributed by atoms with Gasteiger partial charge < -0.3 is 29.1 Å². The summed E-state index contributed by atoms with van der Waals surface area (Å²) in [5.41, 5.74) is 4.23. The minimum absolute atomic E-state index is 0.0145. The van der Waals surface area contributed by atoms with Gasteiger partial charge in [0.1, 0.15) is 31.4 Å². The summed E-state index contributed by atoms with van der Waals surface area (Å²) in [6.07, 6.45) is 2.11. The van der Waals surface area contributed by atoms with Gasteiger partial charge in [-0.2, -0.15) is 9.97 Å². The van der Waals surface area contributed by atoms with E-state index >= 15 is 0 Å². The molecule has 0 saturated carbocycles. The van der Waals surface area contributed by atoms with Crippen LogP contribution in [0.4, 0.5) is 11.5 Å². The van der Waals surface area contributed by atoms with Crippen molar-refractivity contribution in [3.05, 3.63) is 96.2 Å². The van der Waals surface area contributed by atoms with Gasteiger partial charge in [-0.1, -0.05) is 81.9 Å². The number of nitrogens with zero attached hydrogens (tertiary/aromatic N) is 6. The summed E-state index contributed by atoms with van der Waals surface area (Å²) in [5, 5.41) is 2.26. The van der Waals surface area contributed by atoms with E-state index in [0.717, 1.165) is 64.4 Å². The van der Waals surface area contributed by atoms with E-state index in [-0.39, 0.29) is 23.6 Å². The molecule has 11 nitrogen and oxygen atoms in total. The highest BCUT2D eigenvalue weighted by molar-refractivity contribution is 6.73. The quantitative estimate of drug-likeness (QED) is 0.0589. The maximum absolute atomic E-state index is 12.8. The summed E-state index contributed by atoms with van der Waals surface area (Å²) >= 11 is 0. The van der Waals surface area contributed by atoms with Crippen molar-refractivity contribution >= 4 is 36.5 Å². The maximum Gasteiger partial charge on any atom is 0.318 e. The molecule has 0 spiro atoms. The van der Waals surface area contributed by atoms with Crippen molar-refractivity contribution in [1.29, 1.82) is 0 Å². The Bertz CT molecular complexity index is 1920. The normalized spacial score (nSPS) is 16.4. The summed E-state index contributed by atoms with van der Waals surface area (Å²) in [5.74, 6) is 1.56. The first-order valence-electron chi connectivity index (χ1n) is 18.9. The monoisotopic (exact) mass is 752 g/mol. The summed E-state index contributed by atoms with van der Waals surface area (Å²) in [6, 6.07) is 23.1. The van der Waals surface area contributed by atoms with Gasteiger partial charge in [-0.05, 0) is 61.7 Å². The molecular formula is C42H56N6O5Si. The zero-order valence-corrected chi connectivity index (χ0v) is 34.0. The van der Waals surface area contributed by atoms with Crippen LogP contribution in [0.2, 0.25) is 18.1 Å². The third-order valence-corrected chi connectivity index (χ3v) is 14.9. The molecule has 2 aliphatic heterocycles. The second kappa shape index (κ2) is 16.9. The number of benzene rings is 3. The third-order valence-electron chi connectivity index (χ3n) is 10.8. The molecule has 1 saturated heterocycles. The van der Waals surface area contributed by atoms with Gasteiger partial charge in [-0.25, -0.2) is 4.89 Å². The smallest absolute Gasteiger partial charge is 0.318 e. The van der Waals surface area contributed by atoms with Gasteiger partial charge in [0.05, 0.1) is 18.3 Å². The number of ether oxygens (including phenoxy) is 2. The van der Waals surface area contributed by atoms with Crippen LogP contribution in [-0.4, -0.2) is 100 Å². The molecule has 2 aliphatic rings. The van der Waals surface area contributed by atoms with E-state index in [2.05, 4.69) is 104 Å². The molecule has 12 heteroatoms. The minimum Gasteiger partial charge on any atom is -0.489 e. The summed E-state index contributed by atoms with van der Waals surface area (Å²) in [4.78, 5) is 37.6. The molecule has 0 radical (unpaired) electrons. The highest BCUT2D eigenvalue weighted by atomic mass is 28.4. The van der Waals surface area contributed by atoms with Gasteiger partial charge in [0, 0.05) is 55.4 Å². The topological polar surface area (TPSA) is 92.7 Å². The molecule has 1 amide bonds. The van der Waals surface area contributed by atoms with Crippen LogP contribution in [-0.2, 0) is 33.8 Å². The van der Waals surface area contributed by atoms with Crippen molar-refractivity contribution in [3.63, 3.8) is 0 Å². The number of anilines is 2. The molecular weight excluding hydrogens is 697 g/mol. The van der Waals surface area contributed by atoms with Crippen LogP contribution < -0.4 is 19.3 Å². The number of fused-ring (bicyclic) bond motifs is 2. The van der Waals surface area contributed by atoms with E-state index in [9.17, 15) is 4.79 Å². The van der Waals surface area contributed by atoms with Crippen LogP contribution in [0, 0.1) is 0 Å². The van der Waals surface area contributed by atoms with Crippen LogP contribution in [0.25, 0.3) is 10.8 Å². The standard InChI is InChI=1S/C42H56N6O5Si/c1-9-39(49)47-21-22-48(33(27-47)30-52-53-54(7,8)42(2,3)4)40-36-19-20-46(28-37(36)43-41(44-40)50-24-23-45(5)6)38-26-34(25-32-17-13-14-18-35(32)38)51-29-31-15-11-10-12-16-31/h9-18,25-26,33H,1,19-24,27-30H2,2-8H3.